The molecule has 19 heavy (non-hydrogen) atoms. The van der Waals surface area contributed by atoms with E-state index in [-0.39, 0.29) is 16.1 Å². The van der Waals surface area contributed by atoms with Crippen LogP contribution in [0.1, 0.15) is 39.0 Å². The van der Waals surface area contributed by atoms with Crippen LogP contribution in [0.2, 0.25) is 0 Å². The van der Waals surface area contributed by atoms with Crippen molar-refractivity contribution in [1.82, 2.24) is 10.9 Å². The molecule has 106 valence electrons. The van der Waals surface area contributed by atoms with Crippen LogP contribution in [0.3, 0.4) is 0 Å². The standard InChI is InChI=1S/C11H20N6S2/c1-2-8(14-16-10(12)18)7-5-3-4-6-9(7)15-17-11(13)19/h7H,2-6H2,1H3,(H3,12,16,18)(H3,13,17,19). The largest absolute Gasteiger partial charge is 0.375 e. The predicted molar refractivity (Wildman–Crippen MR) is 87.0 cm³/mol. The van der Waals surface area contributed by atoms with Crippen LogP contribution in [0.5, 0.6) is 0 Å². The van der Waals surface area contributed by atoms with Gasteiger partial charge in [-0.3, -0.25) is 10.9 Å². The van der Waals surface area contributed by atoms with Crippen molar-refractivity contribution in [2.75, 3.05) is 0 Å². The Morgan fingerprint density at radius 3 is 2.53 bits per heavy atom. The van der Waals surface area contributed by atoms with Gasteiger partial charge in [0.05, 0.1) is 0 Å². The minimum absolute atomic E-state index is 0.168. The smallest absolute Gasteiger partial charge is 0.184 e. The number of hydrazone groups is 2. The van der Waals surface area contributed by atoms with Gasteiger partial charge in [0.2, 0.25) is 0 Å². The van der Waals surface area contributed by atoms with Crippen LogP contribution in [0.15, 0.2) is 10.2 Å². The highest BCUT2D eigenvalue weighted by atomic mass is 32.1. The Morgan fingerprint density at radius 1 is 1.26 bits per heavy atom. The molecule has 6 N–H and O–H groups in total. The van der Waals surface area contributed by atoms with Crippen LogP contribution in [-0.4, -0.2) is 21.6 Å². The second kappa shape index (κ2) is 8.00. The van der Waals surface area contributed by atoms with E-state index < -0.39 is 0 Å². The maximum Gasteiger partial charge on any atom is 0.184 e. The monoisotopic (exact) mass is 300 g/mol. The van der Waals surface area contributed by atoms with E-state index in [1.54, 1.807) is 0 Å². The van der Waals surface area contributed by atoms with Gasteiger partial charge in [-0.15, -0.1) is 0 Å². The summed E-state index contributed by atoms with van der Waals surface area (Å²) in [5, 5.41) is 8.90. The molecule has 1 fully saturated rings. The van der Waals surface area contributed by atoms with Gasteiger partial charge in [-0.05, 0) is 50.1 Å². The fourth-order valence-corrected chi connectivity index (χ4v) is 2.24. The first-order valence-corrected chi connectivity index (χ1v) is 7.10. The predicted octanol–water partition coefficient (Wildman–Crippen LogP) is 0.965. The molecule has 1 saturated carbocycles. The summed E-state index contributed by atoms with van der Waals surface area (Å²) in [7, 11) is 0. The lowest BCUT2D eigenvalue weighted by Gasteiger charge is -2.25. The number of nitrogens with two attached hydrogens (primary N) is 2. The fraction of sp³-hybridized carbons (Fsp3) is 0.636. The topological polar surface area (TPSA) is 101 Å². The minimum atomic E-state index is 0.168. The van der Waals surface area contributed by atoms with E-state index in [1.165, 1.54) is 0 Å². The van der Waals surface area contributed by atoms with Crippen LogP contribution in [-0.2, 0) is 0 Å². The number of hydrogen-bond acceptors (Lipinski definition) is 4. The highest BCUT2D eigenvalue weighted by molar-refractivity contribution is 7.80. The van der Waals surface area contributed by atoms with E-state index in [1.807, 2.05) is 6.92 Å². The third-order valence-corrected chi connectivity index (χ3v) is 3.14. The molecular formula is C11H20N6S2. The van der Waals surface area contributed by atoms with Gasteiger partial charge in [0.15, 0.2) is 10.2 Å². The molecule has 1 atom stereocenters. The van der Waals surface area contributed by atoms with Crippen molar-refractivity contribution in [2.45, 2.75) is 39.0 Å². The molecule has 0 aromatic heterocycles. The van der Waals surface area contributed by atoms with Gasteiger partial charge in [-0.1, -0.05) is 13.3 Å². The van der Waals surface area contributed by atoms with Gasteiger partial charge in [0, 0.05) is 17.3 Å². The first-order valence-electron chi connectivity index (χ1n) is 6.28. The highest BCUT2D eigenvalue weighted by Crippen LogP contribution is 2.24. The number of thiocarbonyl (C=S) groups is 2. The Hall–Kier alpha value is -1.28. The van der Waals surface area contributed by atoms with Crippen LogP contribution >= 0.6 is 24.4 Å². The second-order valence-corrected chi connectivity index (χ2v) is 5.19. The molecule has 8 heteroatoms. The SMILES string of the molecule is CCC(=NNC(N)=S)C1CCCCC1=NNC(N)=S. The molecule has 0 spiro atoms. The zero-order valence-corrected chi connectivity index (χ0v) is 12.6. The van der Waals surface area contributed by atoms with Gasteiger partial charge in [-0.2, -0.15) is 10.2 Å². The van der Waals surface area contributed by atoms with E-state index in [2.05, 4.69) is 21.1 Å². The molecule has 0 aromatic carbocycles. The van der Waals surface area contributed by atoms with Crippen LogP contribution in [0.25, 0.3) is 0 Å². The number of nitrogens with zero attached hydrogens (tertiary/aromatic N) is 2. The lowest BCUT2D eigenvalue weighted by atomic mass is 9.83. The van der Waals surface area contributed by atoms with E-state index in [4.69, 9.17) is 35.9 Å². The summed E-state index contributed by atoms with van der Waals surface area (Å²) in [5.74, 6) is 0.197. The molecule has 0 aliphatic heterocycles. The average molecular weight is 300 g/mol. The first kappa shape index (κ1) is 15.8. The van der Waals surface area contributed by atoms with Crippen LogP contribution in [0.4, 0.5) is 0 Å². The Morgan fingerprint density at radius 2 is 1.95 bits per heavy atom. The zero-order valence-electron chi connectivity index (χ0n) is 11.0. The van der Waals surface area contributed by atoms with Crippen molar-refractivity contribution in [3.05, 3.63) is 0 Å². The van der Waals surface area contributed by atoms with E-state index in [0.29, 0.717) is 0 Å². The van der Waals surface area contributed by atoms with Crippen LogP contribution in [0, 0.1) is 5.92 Å². The molecule has 1 aliphatic carbocycles. The molecule has 0 bridgehead atoms. The maximum atomic E-state index is 5.40. The molecule has 0 aromatic rings. The Balaban J connectivity index is 2.84. The summed E-state index contributed by atoms with van der Waals surface area (Å²) in [6.07, 6.45) is 5.03. The first-order chi connectivity index (χ1) is 9.04. The van der Waals surface area contributed by atoms with Gasteiger partial charge in [0.25, 0.3) is 0 Å². The Labute approximate surface area is 124 Å². The van der Waals surface area contributed by atoms with E-state index in [9.17, 15) is 0 Å². The molecule has 0 radical (unpaired) electrons. The van der Waals surface area contributed by atoms with Crippen molar-refractivity contribution in [3.8, 4) is 0 Å². The summed E-state index contributed by atoms with van der Waals surface area (Å²) >= 11 is 9.53. The maximum absolute atomic E-state index is 5.40. The van der Waals surface area contributed by atoms with Crippen molar-refractivity contribution in [3.63, 3.8) is 0 Å². The molecule has 1 aliphatic rings. The lowest BCUT2D eigenvalue weighted by Crippen LogP contribution is -2.34. The van der Waals surface area contributed by atoms with Crippen molar-refractivity contribution < 1.29 is 0 Å². The van der Waals surface area contributed by atoms with E-state index >= 15 is 0 Å². The van der Waals surface area contributed by atoms with Gasteiger partial charge >= 0.3 is 0 Å². The van der Waals surface area contributed by atoms with Crippen molar-refractivity contribution in [1.29, 1.82) is 0 Å². The summed E-state index contributed by atoms with van der Waals surface area (Å²) in [6.45, 7) is 2.05. The molecule has 1 rings (SSSR count). The Bertz CT molecular complexity index is 378. The molecule has 0 saturated heterocycles. The Kier molecular flexibility index (Phi) is 6.65. The van der Waals surface area contributed by atoms with Crippen LogP contribution < -0.4 is 22.3 Å². The molecular weight excluding hydrogens is 280 g/mol. The molecule has 0 heterocycles. The summed E-state index contributed by atoms with van der Waals surface area (Å²) in [6, 6.07) is 0. The molecule has 1 unspecified atom stereocenters. The van der Waals surface area contributed by atoms with Gasteiger partial charge in [0.1, 0.15) is 0 Å². The van der Waals surface area contributed by atoms with Gasteiger partial charge in [-0.25, -0.2) is 0 Å². The minimum Gasteiger partial charge on any atom is -0.375 e. The quantitative estimate of drug-likeness (QED) is 0.350. The summed E-state index contributed by atoms with van der Waals surface area (Å²) < 4.78 is 0. The average Bonchev–Trinajstić information content (AvgIpc) is 2.37. The van der Waals surface area contributed by atoms with Gasteiger partial charge < -0.3 is 11.5 Å². The van der Waals surface area contributed by atoms with Crippen molar-refractivity contribution >= 4 is 46.1 Å². The summed E-state index contributed by atoms with van der Waals surface area (Å²) in [4.78, 5) is 0. The number of nitrogens with one attached hydrogen (secondary N) is 2. The number of rotatable bonds is 4. The normalized spacial score (nSPS) is 22.1. The molecule has 6 nitrogen and oxygen atoms in total. The fourth-order valence-electron chi connectivity index (χ4n) is 2.15. The highest BCUT2D eigenvalue weighted by Gasteiger charge is 2.25. The second-order valence-electron chi connectivity index (χ2n) is 4.31. The van der Waals surface area contributed by atoms with Crippen molar-refractivity contribution in [2.24, 2.45) is 27.6 Å². The third-order valence-electron chi connectivity index (χ3n) is 2.96. The number of hydrogen-bond donors (Lipinski definition) is 4. The zero-order chi connectivity index (χ0) is 14.3. The third kappa shape index (κ3) is 5.48. The molecule has 0 amide bonds. The van der Waals surface area contributed by atoms with E-state index in [0.717, 1.165) is 43.5 Å². The lowest BCUT2D eigenvalue weighted by molar-refractivity contribution is 0.601. The summed E-state index contributed by atoms with van der Waals surface area (Å²) in [5.41, 5.74) is 18.1.